The van der Waals surface area contributed by atoms with Gasteiger partial charge in [-0.15, -0.1) is 11.8 Å². The zero-order valence-electron chi connectivity index (χ0n) is 13.8. The van der Waals surface area contributed by atoms with E-state index >= 15 is 0 Å². The fourth-order valence-corrected chi connectivity index (χ4v) is 2.78. The minimum absolute atomic E-state index is 0.0245. The lowest BCUT2D eigenvalue weighted by Crippen LogP contribution is -2.37. The van der Waals surface area contributed by atoms with Gasteiger partial charge in [-0.3, -0.25) is 4.79 Å². The molecule has 1 unspecified atom stereocenters. The highest BCUT2D eigenvalue weighted by Gasteiger charge is 2.09. The molecule has 122 valence electrons. The number of carbonyl (C=O) groups excluding carboxylic acids is 1. The van der Waals surface area contributed by atoms with E-state index in [4.69, 9.17) is 4.74 Å². The third-order valence-electron chi connectivity index (χ3n) is 3.38. The second kappa shape index (κ2) is 8.63. The van der Waals surface area contributed by atoms with Gasteiger partial charge in [0.1, 0.15) is 12.4 Å². The van der Waals surface area contributed by atoms with Crippen LogP contribution in [0.4, 0.5) is 0 Å². The van der Waals surface area contributed by atoms with Crippen LogP contribution >= 0.6 is 11.8 Å². The molecule has 0 radical (unpaired) electrons. The number of ether oxygens (including phenoxy) is 1. The predicted molar refractivity (Wildman–Crippen MR) is 96.2 cm³/mol. The van der Waals surface area contributed by atoms with Gasteiger partial charge >= 0.3 is 0 Å². The van der Waals surface area contributed by atoms with Crippen molar-refractivity contribution in [3.05, 3.63) is 59.7 Å². The predicted octanol–water partition coefficient (Wildman–Crippen LogP) is 3.98. The summed E-state index contributed by atoms with van der Waals surface area (Å²) in [5, 5.41) is 2.97. The van der Waals surface area contributed by atoms with Crippen LogP contribution in [0.1, 0.15) is 18.1 Å². The number of nitrogens with one attached hydrogen (secondary N) is 1. The van der Waals surface area contributed by atoms with Gasteiger partial charge in [-0.05, 0) is 44.5 Å². The third-order valence-corrected chi connectivity index (χ3v) is 4.39. The van der Waals surface area contributed by atoms with Crippen molar-refractivity contribution in [2.24, 2.45) is 0 Å². The summed E-state index contributed by atoms with van der Waals surface area (Å²) in [6.45, 7) is 6.48. The first-order valence-corrected chi connectivity index (χ1v) is 8.70. The van der Waals surface area contributed by atoms with Gasteiger partial charge in [-0.2, -0.15) is 0 Å². The van der Waals surface area contributed by atoms with E-state index in [1.165, 1.54) is 5.56 Å². The number of para-hydroxylation sites is 1. The molecule has 3 nitrogen and oxygen atoms in total. The fourth-order valence-electron chi connectivity index (χ4n) is 2.07. The van der Waals surface area contributed by atoms with Gasteiger partial charge < -0.3 is 10.1 Å². The van der Waals surface area contributed by atoms with Gasteiger partial charge in [-0.1, -0.05) is 35.9 Å². The van der Waals surface area contributed by atoms with Gasteiger partial charge in [0, 0.05) is 4.90 Å². The summed E-state index contributed by atoms with van der Waals surface area (Å²) in [6.07, 6.45) is 0. The van der Waals surface area contributed by atoms with Gasteiger partial charge in [-0.25, -0.2) is 0 Å². The van der Waals surface area contributed by atoms with Crippen molar-refractivity contribution in [1.29, 1.82) is 0 Å². The molecule has 4 heteroatoms. The molecule has 0 aliphatic carbocycles. The lowest BCUT2D eigenvalue weighted by molar-refractivity contribution is -0.119. The second-order valence-corrected chi connectivity index (χ2v) is 6.70. The van der Waals surface area contributed by atoms with Crippen molar-refractivity contribution in [2.75, 3.05) is 12.4 Å². The summed E-state index contributed by atoms with van der Waals surface area (Å²) in [5.41, 5.74) is 2.32. The van der Waals surface area contributed by atoms with Crippen LogP contribution in [0, 0.1) is 13.8 Å². The highest BCUT2D eigenvalue weighted by molar-refractivity contribution is 8.00. The standard InChI is InChI=1S/C19H23NO2S/c1-14-8-10-17(11-9-14)23-13-19(21)20-16(3)12-22-18-7-5-4-6-15(18)2/h4-11,16H,12-13H2,1-3H3,(H,20,21). The van der Waals surface area contributed by atoms with E-state index in [-0.39, 0.29) is 11.9 Å². The van der Waals surface area contributed by atoms with Crippen LogP contribution in [0.3, 0.4) is 0 Å². The number of aryl methyl sites for hydroxylation is 2. The molecular weight excluding hydrogens is 306 g/mol. The molecule has 0 aliphatic heterocycles. The van der Waals surface area contributed by atoms with Gasteiger partial charge in [0.15, 0.2) is 0 Å². The van der Waals surface area contributed by atoms with E-state index in [0.717, 1.165) is 16.2 Å². The Balaban J connectivity index is 1.72. The number of amides is 1. The lowest BCUT2D eigenvalue weighted by atomic mass is 10.2. The quantitative estimate of drug-likeness (QED) is 0.781. The molecule has 0 fully saturated rings. The van der Waals surface area contributed by atoms with Crippen molar-refractivity contribution in [3.63, 3.8) is 0 Å². The Hall–Kier alpha value is -1.94. The Labute approximate surface area is 142 Å². The number of hydrogen-bond donors (Lipinski definition) is 1. The summed E-state index contributed by atoms with van der Waals surface area (Å²) < 4.78 is 5.75. The molecule has 2 rings (SSSR count). The molecule has 23 heavy (non-hydrogen) atoms. The van der Waals surface area contributed by atoms with Crippen LogP contribution in [0.25, 0.3) is 0 Å². The van der Waals surface area contributed by atoms with Crippen LogP contribution in [0.5, 0.6) is 5.75 Å². The summed E-state index contributed by atoms with van der Waals surface area (Å²) in [7, 11) is 0. The largest absolute Gasteiger partial charge is 0.491 e. The monoisotopic (exact) mass is 329 g/mol. The minimum Gasteiger partial charge on any atom is -0.491 e. The maximum atomic E-state index is 12.0. The topological polar surface area (TPSA) is 38.3 Å². The number of thioether (sulfide) groups is 1. The Morgan fingerprint density at radius 3 is 2.52 bits per heavy atom. The summed E-state index contributed by atoms with van der Waals surface area (Å²) in [4.78, 5) is 13.1. The highest BCUT2D eigenvalue weighted by atomic mass is 32.2. The molecule has 0 spiro atoms. The molecule has 0 bridgehead atoms. The number of hydrogen-bond acceptors (Lipinski definition) is 3. The van der Waals surface area contributed by atoms with E-state index in [1.54, 1.807) is 11.8 Å². The average molecular weight is 329 g/mol. The third kappa shape index (κ3) is 5.99. The molecule has 0 aromatic heterocycles. The van der Waals surface area contributed by atoms with Crippen LogP contribution < -0.4 is 10.1 Å². The number of benzene rings is 2. The normalized spacial score (nSPS) is 11.8. The minimum atomic E-state index is -0.0271. The lowest BCUT2D eigenvalue weighted by Gasteiger charge is -2.16. The zero-order valence-corrected chi connectivity index (χ0v) is 14.7. The molecule has 2 aromatic rings. The van der Waals surface area contributed by atoms with Gasteiger partial charge in [0.05, 0.1) is 11.8 Å². The van der Waals surface area contributed by atoms with Crippen molar-refractivity contribution in [1.82, 2.24) is 5.32 Å². The first-order chi connectivity index (χ1) is 11.0. The molecule has 0 heterocycles. The van der Waals surface area contributed by atoms with Crippen molar-refractivity contribution in [3.8, 4) is 5.75 Å². The molecular formula is C19H23NO2S. The molecule has 0 saturated heterocycles. The maximum Gasteiger partial charge on any atom is 0.230 e. The second-order valence-electron chi connectivity index (χ2n) is 5.65. The van der Waals surface area contributed by atoms with E-state index in [0.29, 0.717) is 12.4 Å². The van der Waals surface area contributed by atoms with E-state index < -0.39 is 0 Å². The molecule has 1 amide bonds. The van der Waals surface area contributed by atoms with Crippen molar-refractivity contribution >= 4 is 17.7 Å². The number of rotatable bonds is 7. The van der Waals surface area contributed by atoms with Gasteiger partial charge in [0.2, 0.25) is 5.91 Å². The Morgan fingerprint density at radius 1 is 1.13 bits per heavy atom. The molecule has 1 atom stereocenters. The molecule has 2 aromatic carbocycles. The summed E-state index contributed by atoms with van der Waals surface area (Å²) >= 11 is 1.54. The Bertz CT molecular complexity index is 640. The summed E-state index contributed by atoms with van der Waals surface area (Å²) in [6, 6.07) is 16.0. The molecule has 1 N–H and O–H groups in total. The first kappa shape index (κ1) is 17.4. The smallest absolute Gasteiger partial charge is 0.230 e. The number of carbonyl (C=O) groups is 1. The fraction of sp³-hybridized carbons (Fsp3) is 0.316. The SMILES string of the molecule is Cc1ccc(SCC(=O)NC(C)COc2ccccc2C)cc1. The first-order valence-electron chi connectivity index (χ1n) is 7.72. The van der Waals surface area contributed by atoms with Crippen LogP contribution in [0.2, 0.25) is 0 Å². The summed E-state index contributed by atoms with van der Waals surface area (Å²) in [5.74, 6) is 1.30. The Morgan fingerprint density at radius 2 is 1.83 bits per heavy atom. The molecule has 0 saturated carbocycles. The maximum absolute atomic E-state index is 12.0. The van der Waals surface area contributed by atoms with Crippen molar-refractivity contribution < 1.29 is 9.53 Å². The van der Waals surface area contributed by atoms with Crippen molar-refractivity contribution in [2.45, 2.75) is 31.7 Å². The average Bonchev–Trinajstić information content (AvgIpc) is 2.53. The van der Waals surface area contributed by atoms with Crippen LogP contribution in [-0.4, -0.2) is 24.3 Å². The van der Waals surface area contributed by atoms with Crippen LogP contribution in [-0.2, 0) is 4.79 Å². The molecule has 0 aliphatic rings. The zero-order chi connectivity index (χ0) is 16.7. The van der Waals surface area contributed by atoms with E-state index in [9.17, 15) is 4.79 Å². The van der Waals surface area contributed by atoms with E-state index in [2.05, 4.69) is 24.4 Å². The Kier molecular flexibility index (Phi) is 6.53. The van der Waals surface area contributed by atoms with Gasteiger partial charge in [0.25, 0.3) is 0 Å². The highest BCUT2D eigenvalue weighted by Crippen LogP contribution is 2.18. The van der Waals surface area contributed by atoms with E-state index in [1.807, 2.05) is 50.2 Å². The van der Waals surface area contributed by atoms with Crippen LogP contribution in [0.15, 0.2) is 53.4 Å².